The Labute approximate surface area is 230 Å². The Morgan fingerprint density at radius 2 is 1.86 bits per heavy atom. The molecule has 0 aromatic rings. The van der Waals surface area contributed by atoms with Gasteiger partial charge in [0, 0.05) is 37.5 Å². The lowest BCUT2D eigenvalue weighted by molar-refractivity contribution is -0.145. The molecule has 0 bridgehead atoms. The molecule has 1 aliphatic heterocycles. The van der Waals surface area contributed by atoms with Crippen LogP contribution < -0.4 is 5.32 Å². The van der Waals surface area contributed by atoms with Gasteiger partial charge in [-0.2, -0.15) is 0 Å². The third kappa shape index (κ3) is 4.96. The standard InChI is InChI=1S/C28H46N4O2S.ClH/c1-7-29-26(35)32(18-8-17-30(4)5)25(34)22-11-10-20-19-9-12-23-28(3,16-14-24(33)31(23)6)21(19)13-15-27(20,22)2;/h14,16,19-23H,7-13,15,17-18H2,1-6H3,(H,29,35);1H/t19-,20-,21-,22+,23+,27-,28+;/m0./s1. The Kier molecular flexibility index (Phi) is 9.21. The van der Waals surface area contributed by atoms with Gasteiger partial charge in [0.2, 0.25) is 11.8 Å². The SMILES string of the molecule is CCNC(=S)N(CCCN(C)C)C(=O)[C@H]1CC[C@H]2[C@@H]3CC[C@H]4N(C)C(=O)C=C[C@]4(C)[C@H]3CC[C@]12C.Cl. The Morgan fingerprint density at radius 1 is 1.14 bits per heavy atom. The number of likely N-dealkylation sites (N-methyl/N-ethyl adjacent to an activating group) is 1. The van der Waals surface area contributed by atoms with Crippen molar-refractivity contribution in [1.29, 1.82) is 0 Å². The number of hydrogen-bond acceptors (Lipinski definition) is 4. The van der Waals surface area contributed by atoms with Crippen molar-refractivity contribution in [3.63, 3.8) is 0 Å². The highest BCUT2D eigenvalue weighted by atomic mass is 35.5. The first kappa shape index (κ1) is 29.4. The second-order valence-electron chi connectivity index (χ2n) is 12.3. The highest BCUT2D eigenvalue weighted by Crippen LogP contribution is 2.65. The van der Waals surface area contributed by atoms with Gasteiger partial charge in [0.05, 0.1) is 0 Å². The van der Waals surface area contributed by atoms with E-state index in [-0.39, 0.29) is 41.0 Å². The summed E-state index contributed by atoms with van der Waals surface area (Å²) in [5, 5.41) is 3.83. The molecule has 204 valence electrons. The van der Waals surface area contributed by atoms with Crippen molar-refractivity contribution < 1.29 is 9.59 Å². The number of halogens is 1. The summed E-state index contributed by atoms with van der Waals surface area (Å²) in [5.41, 5.74) is 0.0724. The van der Waals surface area contributed by atoms with Crippen LogP contribution in [0.2, 0.25) is 0 Å². The van der Waals surface area contributed by atoms with E-state index in [1.54, 1.807) is 6.08 Å². The Morgan fingerprint density at radius 3 is 2.53 bits per heavy atom. The third-order valence-corrected chi connectivity index (χ3v) is 10.6. The highest BCUT2D eigenvalue weighted by Gasteiger charge is 2.61. The topological polar surface area (TPSA) is 55.9 Å². The molecule has 6 nitrogen and oxygen atoms in total. The Bertz CT molecular complexity index is 882. The predicted octanol–water partition coefficient (Wildman–Crippen LogP) is 4.34. The van der Waals surface area contributed by atoms with Crippen LogP contribution in [0.1, 0.15) is 65.7 Å². The molecule has 0 saturated heterocycles. The van der Waals surface area contributed by atoms with E-state index >= 15 is 0 Å². The zero-order valence-electron chi connectivity index (χ0n) is 23.1. The van der Waals surface area contributed by atoms with Gasteiger partial charge in [-0.3, -0.25) is 14.5 Å². The normalized spacial score (nSPS) is 37.0. The van der Waals surface area contributed by atoms with Gasteiger partial charge in [0.25, 0.3) is 0 Å². The van der Waals surface area contributed by atoms with E-state index in [4.69, 9.17) is 12.2 Å². The molecule has 3 fully saturated rings. The largest absolute Gasteiger partial charge is 0.362 e. The maximum atomic E-state index is 14.1. The number of fused-ring (bicyclic) bond motifs is 5. The van der Waals surface area contributed by atoms with Crippen LogP contribution in [-0.4, -0.2) is 78.4 Å². The summed E-state index contributed by atoms with van der Waals surface area (Å²) in [5.74, 6) is 2.20. The lowest BCUT2D eigenvalue weighted by Gasteiger charge is -2.60. The van der Waals surface area contributed by atoms with Crippen molar-refractivity contribution in [3.8, 4) is 0 Å². The minimum absolute atomic E-state index is 0. The monoisotopic (exact) mass is 538 g/mol. The maximum absolute atomic E-state index is 14.1. The molecule has 7 atom stereocenters. The average Bonchev–Trinajstić information content (AvgIpc) is 3.16. The van der Waals surface area contributed by atoms with Gasteiger partial charge in [-0.05, 0) is 114 Å². The van der Waals surface area contributed by atoms with Crippen LogP contribution in [-0.2, 0) is 9.59 Å². The van der Waals surface area contributed by atoms with E-state index < -0.39 is 0 Å². The van der Waals surface area contributed by atoms with Gasteiger partial charge >= 0.3 is 0 Å². The van der Waals surface area contributed by atoms with Crippen LogP contribution >= 0.6 is 24.6 Å². The molecule has 1 N–H and O–H groups in total. The predicted molar refractivity (Wildman–Crippen MR) is 152 cm³/mol. The molecule has 3 saturated carbocycles. The molecule has 8 heteroatoms. The maximum Gasteiger partial charge on any atom is 0.246 e. The summed E-state index contributed by atoms with van der Waals surface area (Å²) in [6.45, 7) is 9.17. The smallest absolute Gasteiger partial charge is 0.246 e. The van der Waals surface area contributed by atoms with Gasteiger partial charge in [-0.1, -0.05) is 19.9 Å². The molecule has 0 radical (unpaired) electrons. The third-order valence-electron chi connectivity index (χ3n) is 10.3. The van der Waals surface area contributed by atoms with Crippen molar-refractivity contribution in [1.82, 2.24) is 20.0 Å². The van der Waals surface area contributed by atoms with Gasteiger partial charge in [0.1, 0.15) is 0 Å². The summed E-state index contributed by atoms with van der Waals surface area (Å²) in [4.78, 5) is 32.4. The fraction of sp³-hybridized carbons (Fsp3) is 0.821. The number of carbonyl (C=O) groups excluding carboxylic acids is 2. The first-order chi connectivity index (χ1) is 16.5. The van der Waals surface area contributed by atoms with Crippen LogP contribution in [0.25, 0.3) is 0 Å². The minimum atomic E-state index is 0. The molecule has 36 heavy (non-hydrogen) atoms. The van der Waals surface area contributed by atoms with Gasteiger partial charge in [0.15, 0.2) is 5.11 Å². The van der Waals surface area contributed by atoms with Crippen LogP contribution in [0.15, 0.2) is 12.2 Å². The molecule has 4 rings (SSSR count). The molecule has 4 aliphatic rings. The summed E-state index contributed by atoms with van der Waals surface area (Å²) in [7, 11) is 6.12. The Hall–Kier alpha value is -1.18. The average molecular weight is 539 g/mol. The quantitative estimate of drug-likeness (QED) is 0.510. The van der Waals surface area contributed by atoms with Gasteiger partial charge in [-0.25, -0.2) is 0 Å². The lowest BCUT2D eigenvalue weighted by Crippen LogP contribution is -2.60. The van der Waals surface area contributed by atoms with Crippen LogP contribution in [0.5, 0.6) is 0 Å². The number of amides is 2. The van der Waals surface area contributed by atoms with Crippen LogP contribution in [0, 0.1) is 34.5 Å². The molecule has 0 unspecified atom stereocenters. The fourth-order valence-corrected chi connectivity index (χ4v) is 8.76. The van der Waals surface area contributed by atoms with E-state index in [1.165, 1.54) is 6.42 Å². The van der Waals surface area contributed by atoms with Crippen molar-refractivity contribution in [2.75, 3.05) is 40.8 Å². The second-order valence-corrected chi connectivity index (χ2v) is 12.7. The summed E-state index contributed by atoms with van der Waals surface area (Å²) >= 11 is 5.68. The van der Waals surface area contributed by atoms with Crippen molar-refractivity contribution >= 4 is 41.6 Å². The summed E-state index contributed by atoms with van der Waals surface area (Å²) in [6.07, 6.45) is 11.5. The summed E-state index contributed by atoms with van der Waals surface area (Å²) in [6, 6.07) is 0.300. The first-order valence-corrected chi connectivity index (χ1v) is 14.1. The number of nitrogens with one attached hydrogen (secondary N) is 1. The zero-order chi connectivity index (χ0) is 25.5. The lowest BCUT2D eigenvalue weighted by atomic mass is 9.47. The molecule has 0 aromatic carbocycles. The number of hydrogen-bond donors (Lipinski definition) is 1. The second kappa shape index (κ2) is 11.3. The molecule has 0 spiro atoms. The summed E-state index contributed by atoms with van der Waals surface area (Å²) < 4.78 is 0. The number of thiocarbonyl (C=S) groups is 1. The van der Waals surface area contributed by atoms with E-state index in [2.05, 4.69) is 44.2 Å². The van der Waals surface area contributed by atoms with E-state index in [0.717, 1.165) is 51.6 Å². The van der Waals surface area contributed by atoms with Crippen molar-refractivity contribution in [2.24, 2.45) is 34.5 Å². The van der Waals surface area contributed by atoms with Crippen LogP contribution in [0.4, 0.5) is 0 Å². The molecule has 3 aliphatic carbocycles. The zero-order valence-corrected chi connectivity index (χ0v) is 24.7. The molecule has 1 heterocycles. The van der Waals surface area contributed by atoms with Crippen molar-refractivity contribution in [2.45, 2.75) is 71.8 Å². The first-order valence-electron chi connectivity index (χ1n) is 13.7. The Balaban J connectivity index is 0.00000361. The molecule has 0 aromatic heterocycles. The van der Waals surface area contributed by atoms with E-state index in [9.17, 15) is 9.59 Å². The minimum Gasteiger partial charge on any atom is -0.362 e. The van der Waals surface area contributed by atoms with Crippen molar-refractivity contribution in [3.05, 3.63) is 12.2 Å². The highest BCUT2D eigenvalue weighted by molar-refractivity contribution is 7.80. The molecular formula is C28H47ClN4O2S. The van der Waals surface area contributed by atoms with E-state index in [0.29, 0.717) is 35.5 Å². The fourth-order valence-electron chi connectivity index (χ4n) is 8.44. The van der Waals surface area contributed by atoms with Crippen LogP contribution in [0.3, 0.4) is 0 Å². The number of nitrogens with zero attached hydrogens (tertiary/aromatic N) is 3. The number of rotatable bonds is 6. The van der Waals surface area contributed by atoms with Gasteiger partial charge in [-0.15, -0.1) is 12.4 Å². The van der Waals surface area contributed by atoms with E-state index in [1.807, 2.05) is 23.8 Å². The number of carbonyl (C=O) groups is 2. The molecule has 2 amide bonds. The van der Waals surface area contributed by atoms with Gasteiger partial charge < -0.3 is 15.1 Å². The molecular weight excluding hydrogens is 492 g/mol.